The number of rotatable bonds is 3. The Labute approximate surface area is 94.8 Å². The molecule has 2 amide bonds. The number of benzene rings is 1. The fourth-order valence-electron chi connectivity index (χ4n) is 1.44. The Bertz CT molecular complexity index is 413. The van der Waals surface area contributed by atoms with E-state index in [9.17, 15) is 9.59 Å². The van der Waals surface area contributed by atoms with Crippen LogP contribution in [0, 0.1) is 6.92 Å². The van der Waals surface area contributed by atoms with E-state index >= 15 is 0 Å². The van der Waals surface area contributed by atoms with Crippen molar-refractivity contribution in [2.75, 3.05) is 0 Å². The van der Waals surface area contributed by atoms with E-state index in [1.54, 1.807) is 0 Å². The highest BCUT2D eigenvalue weighted by atomic mass is 16.2. The summed E-state index contributed by atoms with van der Waals surface area (Å²) in [7, 11) is 0. The number of carbonyl (C=O) groups excluding carboxylic acids is 2. The van der Waals surface area contributed by atoms with Crippen molar-refractivity contribution in [1.29, 1.82) is 0 Å². The molecule has 0 radical (unpaired) electrons. The second kappa shape index (κ2) is 5.30. The van der Waals surface area contributed by atoms with Crippen LogP contribution >= 0.6 is 0 Å². The van der Waals surface area contributed by atoms with Gasteiger partial charge in [0.15, 0.2) is 0 Å². The van der Waals surface area contributed by atoms with Crippen molar-refractivity contribution in [3.63, 3.8) is 0 Å². The SMILES string of the molecule is CCc1ccc(CNC(=O)C(N)=O)c(C)c1. The lowest BCUT2D eigenvalue weighted by molar-refractivity contribution is -0.137. The van der Waals surface area contributed by atoms with Gasteiger partial charge >= 0.3 is 11.8 Å². The van der Waals surface area contributed by atoms with E-state index in [2.05, 4.69) is 18.3 Å². The van der Waals surface area contributed by atoms with Gasteiger partial charge in [-0.3, -0.25) is 9.59 Å². The van der Waals surface area contributed by atoms with Crippen molar-refractivity contribution in [3.05, 3.63) is 34.9 Å². The molecule has 0 saturated carbocycles. The molecule has 86 valence electrons. The van der Waals surface area contributed by atoms with Gasteiger partial charge in [-0.1, -0.05) is 25.1 Å². The van der Waals surface area contributed by atoms with Crippen molar-refractivity contribution < 1.29 is 9.59 Å². The Kier molecular flexibility index (Phi) is 4.05. The highest BCUT2D eigenvalue weighted by molar-refractivity contribution is 6.34. The monoisotopic (exact) mass is 220 g/mol. The predicted octanol–water partition coefficient (Wildman–Crippen LogP) is 0.659. The van der Waals surface area contributed by atoms with Gasteiger partial charge in [0, 0.05) is 6.54 Å². The molecule has 1 aromatic rings. The summed E-state index contributed by atoms with van der Waals surface area (Å²) in [6.45, 7) is 4.39. The Hall–Kier alpha value is -1.84. The number of nitrogens with two attached hydrogens (primary N) is 1. The lowest BCUT2D eigenvalue weighted by Gasteiger charge is -2.08. The highest BCUT2D eigenvalue weighted by Crippen LogP contribution is 2.11. The molecule has 0 aliphatic rings. The second-order valence-corrected chi connectivity index (χ2v) is 3.66. The topological polar surface area (TPSA) is 72.2 Å². The van der Waals surface area contributed by atoms with Gasteiger partial charge in [0.05, 0.1) is 0 Å². The average molecular weight is 220 g/mol. The maximum atomic E-state index is 11.0. The van der Waals surface area contributed by atoms with Crippen LogP contribution in [0.3, 0.4) is 0 Å². The largest absolute Gasteiger partial charge is 0.361 e. The first kappa shape index (κ1) is 12.2. The fourth-order valence-corrected chi connectivity index (χ4v) is 1.44. The van der Waals surface area contributed by atoms with Crippen LogP contribution in [0.5, 0.6) is 0 Å². The van der Waals surface area contributed by atoms with Crippen molar-refractivity contribution in [2.24, 2.45) is 5.73 Å². The number of nitrogens with one attached hydrogen (secondary N) is 1. The maximum absolute atomic E-state index is 11.0. The zero-order chi connectivity index (χ0) is 12.1. The van der Waals surface area contributed by atoms with E-state index < -0.39 is 11.8 Å². The normalized spacial score (nSPS) is 9.88. The summed E-state index contributed by atoms with van der Waals surface area (Å²) < 4.78 is 0. The van der Waals surface area contributed by atoms with E-state index in [0.29, 0.717) is 6.54 Å². The molecule has 1 rings (SSSR count). The lowest BCUT2D eigenvalue weighted by atomic mass is 10.0. The standard InChI is InChI=1S/C12H16N2O2/c1-3-9-4-5-10(8(2)6-9)7-14-12(16)11(13)15/h4-6H,3,7H2,1-2H3,(H2,13,15)(H,14,16). The Morgan fingerprint density at radius 2 is 2.06 bits per heavy atom. The smallest absolute Gasteiger partial charge is 0.309 e. The molecule has 0 aromatic heterocycles. The zero-order valence-electron chi connectivity index (χ0n) is 9.54. The zero-order valence-corrected chi connectivity index (χ0v) is 9.54. The van der Waals surface area contributed by atoms with Crippen LogP contribution in [0.4, 0.5) is 0 Å². The molecule has 3 N–H and O–H groups in total. The molecule has 0 fully saturated rings. The van der Waals surface area contributed by atoms with Crippen LogP contribution < -0.4 is 11.1 Å². The van der Waals surface area contributed by atoms with Gasteiger partial charge < -0.3 is 11.1 Å². The molecule has 0 saturated heterocycles. The predicted molar refractivity (Wildman–Crippen MR) is 61.6 cm³/mol. The third kappa shape index (κ3) is 3.08. The fraction of sp³-hybridized carbons (Fsp3) is 0.333. The third-order valence-electron chi connectivity index (χ3n) is 2.48. The summed E-state index contributed by atoms with van der Waals surface area (Å²) >= 11 is 0. The van der Waals surface area contributed by atoms with Crippen LogP contribution in [-0.4, -0.2) is 11.8 Å². The van der Waals surface area contributed by atoms with Gasteiger partial charge in [-0.25, -0.2) is 0 Å². The Balaban J connectivity index is 2.68. The van der Waals surface area contributed by atoms with E-state index in [1.807, 2.05) is 19.1 Å². The molecule has 0 atom stereocenters. The summed E-state index contributed by atoms with van der Waals surface area (Å²) in [6.07, 6.45) is 0.981. The van der Waals surface area contributed by atoms with Crippen LogP contribution in [0.15, 0.2) is 18.2 Å². The van der Waals surface area contributed by atoms with Gasteiger partial charge in [-0.05, 0) is 30.0 Å². The maximum Gasteiger partial charge on any atom is 0.309 e. The average Bonchev–Trinajstić information content (AvgIpc) is 2.26. The molecule has 16 heavy (non-hydrogen) atoms. The molecule has 0 aliphatic heterocycles. The number of primary amides is 1. The molecule has 4 heteroatoms. The number of carbonyl (C=O) groups is 2. The number of amides is 2. The summed E-state index contributed by atoms with van der Waals surface area (Å²) in [5.74, 6) is -1.71. The molecule has 0 unspecified atom stereocenters. The van der Waals surface area contributed by atoms with Crippen LogP contribution in [-0.2, 0) is 22.6 Å². The third-order valence-corrected chi connectivity index (χ3v) is 2.48. The van der Waals surface area contributed by atoms with Gasteiger partial charge in [0.25, 0.3) is 0 Å². The molecule has 0 spiro atoms. The molecule has 4 nitrogen and oxygen atoms in total. The molecule has 0 aliphatic carbocycles. The molecular weight excluding hydrogens is 204 g/mol. The van der Waals surface area contributed by atoms with E-state index in [-0.39, 0.29) is 0 Å². The summed E-state index contributed by atoms with van der Waals surface area (Å²) in [5, 5.41) is 2.46. The minimum absolute atomic E-state index is 0.331. The van der Waals surface area contributed by atoms with E-state index in [0.717, 1.165) is 17.5 Å². The molecule has 0 heterocycles. The number of hydrogen-bond donors (Lipinski definition) is 2. The first-order chi connectivity index (χ1) is 7.54. The van der Waals surface area contributed by atoms with Crippen LogP contribution in [0.25, 0.3) is 0 Å². The minimum Gasteiger partial charge on any atom is -0.361 e. The van der Waals surface area contributed by atoms with Crippen molar-refractivity contribution in [1.82, 2.24) is 5.32 Å². The van der Waals surface area contributed by atoms with Gasteiger partial charge in [0.2, 0.25) is 0 Å². The van der Waals surface area contributed by atoms with E-state index in [4.69, 9.17) is 5.73 Å². The van der Waals surface area contributed by atoms with E-state index in [1.165, 1.54) is 5.56 Å². The summed E-state index contributed by atoms with van der Waals surface area (Å²) in [4.78, 5) is 21.5. The number of hydrogen-bond acceptors (Lipinski definition) is 2. The van der Waals surface area contributed by atoms with Crippen molar-refractivity contribution in [2.45, 2.75) is 26.8 Å². The minimum atomic E-state index is -0.956. The first-order valence-corrected chi connectivity index (χ1v) is 5.20. The first-order valence-electron chi connectivity index (χ1n) is 5.20. The Morgan fingerprint density at radius 3 is 2.56 bits per heavy atom. The molecular formula is C12H16N2O2. The van der Waals surface area contributed by atoms with Crippen LogP contribution in [0.2, 0.25) is 0 Å². The van der Waals surface area contributed by atoms with Crippen LogP contribution in [0.1, 0.15) is 23.6 Å². The summed E-state index contributed by atoms with van der Waals surface area (Å²) in [5.41, 5.74) is 8.18. The Morgan fingerprint density at radius 1 is 1.38 bits per heavy atom. The van der Waals surface area contributed by atoms with Crippen molar-refractivity contribution >= 4 is 11.8 Å². The second-order valence-electron chi connectivity index (χ2n) is 3.66. The summed E-state index contributed by atoms with van der Waals surface area (Å²) in [6, 6.07) is 6.04. The molecule has 1 aromatic carbocycles. The number of aryl methyl sites for hydroxylation is 2. The van der Waals surface area contributed by atoms with Gasteiger partial charge in [-0.2, -0.15) is 0 Å². The lowest BCUT2D eigenvalue weighted by Crippen LogP contribution is -2.35. The quantitative estimate of drug-likeness (QED) is 0.734. The van der Waals surface area contributed by atoms with Crippen molar-refractivity contribution in [3.8, 4) is 0 Å². The van der Waals surface area contributed by atoms with Gasteiger partial charge in [-0.15, -0.1) is 0 Å². The van der Waals surface area contributed by atoms with Gasteiger partial charge in [0.1, 0.15) is 0 Å². The molecule has 0 bridgehead atoms. The highest BCUT2D eigenvalue weighted by Gasteiger charge is 2.08.